The van der Waals surface area contributed by atoms with Gasteiger partial charge in [-0.2, -0.15) is 0 Å². The monoisotopic (exact) mass is 253 g/mol. The lowest BCUT2D eigenvalue weighted by Crippen LogP contribution is -2.32. The highest BCUT2D eigenvalue weighted by atomic mass is 32.1. The molecular weight excluding hydrogens is 238 g/mol. The van der Waals surface area contributed by atoms with Gasteiger partial charge in [-0.3, -0.25) is 4.40 Å². The Kier molecular flexibility index (Phi) is 3.06. The first-order valence-electron chi connectivity index (χ1n) is 5.31. The lowest BCUT2D eigenvalue weighted by molar-refractivity contribution is 0.0523. The van der Waals surface area contributed by atoms with E-state index in [9.17, 15) is 4.79 Å². The van der Waals surface area contributed by atoms with Gasteiger partial charge < -0.3 is 10.1 Å². The summed E-state index contributed by atoms with van der Waals surface area (Å²) < 4.78 is 7.10. The van der Waals surface area contributed by atoms with Crippen LogP contribution in [0.3, 0.4) is 0 Å². The van der Waals surface area contributed by atoms with Crippen molar-refractivity contribution < 1.29 is 9.53 Å². The standard InChI is InChI=1S/C11H15N3O2S/c1-11(2,3)16-10(15)13-4-8-6-17-9-5-12-7-14(8)9/h5-7H,4H2,1-3H3,(H,13,15). The number of thiazole rings is 1. The molecule has 0 spiro atoms. The van der Waals surface area contributed by atoms with Crippen molar-refractivity contribution in [3.63, 3.8) is 0 Å². The summed E-state index contributed by atoms with van der Waals surface area (Å²) in [6.45, 7) is 5.95. The topological polar surface area (TPSA) is 55.6 Å². The van der Waals surface area contributed by atoms with Crippen molar-refractivity contribution in [3.8, 4) is 0 Å². The van der Waals surface area contributed by atoms with Crippen LogP contribution in [0.2, 0.25) is 0 Å². The number of fused-ring (bicyclic) bond motifs is 1. The predicted molar refractivity (Wildman–Crippen MR) is 66.1 cm³/mol. The van der Waals surface area contributed by atoms with Crippen LogP contribution in [0.4, 0.5) is 4.79 Å². The SMILES string of the molecule is CC(C)(C)OC(=O)NCc1csc2cncn12. The van der Waals surface area contributed by atoms with Crippen LogP contribution in [0, 0.1) is 0 Å². The maximum absolute atomic E-state index is 11.5. The summed E-state index contributed by atoms with van der Waals surface area (Å²) in [4.78, 5) is 16.6. The van der Waals surface area contributed by atoms with E-state index in [4.69, 9.17) is 4.74 Å². The van der Waals surface area contributed by atoms with Crippen molar-refractivity contribution in [3.05, 3.63) is 23.6 Å². The Morgan fingerprint density at radius 2 is 2.35 bits per heavy atom. The van der Waals surface area contributed by atoms with Gasteiger partial charge in [-0.25, -0.2) is 9.78 Å². The van der Waals surface area contributed by atoms with E-state index in [1.54, 1.807) is 23.9 Å². The molecule has 2 aromatic rings. The average molecular weight is 253 g/mol. The maximum atomic E-state index is 11.5. The third-order valence-corrected chi connectivity index (χ3v) is 2.98. The molecule has 0 aromatic carbocycles. The Bertz CT molecular complexity index is 524. The van der Waals surface area contributed by atoms with Gasteiger partial charge in [0.1, 0.15) is 16.8 Å². The molecule has 0 fully saturated rings. The minimum Gasteiger partial charge on any atom is -0.444 e. The number of hydrogen-bond donors (Lipinski definition) is 1. The Morgan fingerprint density at radius 3 is 3.06 bits per heavy atom. The minimum absolute atomic E-state index is 0.406. The Balaban J connectivity index is 1.95. The molecule has 1 N–H and O–H groups in total. The fourth-order valence-electron chi connectivity index (χ4n) is 1.37. The van der Waals surface area contributed by atoms with Gasteiger partial charge >= 0.3 is 6.09 Å². The Labute approximate surface area is 103 Å². The van der Waals surface area contributed by atoms with Crippen LogP contribution in [-0.4, -0.2) is 21.1 Å². The first-order chi connectivity index (χ1) is 7.96. The fraction of sp³-hybridized carbons (Fsp3) is 0.455. The van der Waals surface area contributed by atoms with Crippen molar-refractivity contribution in [2.75, 3.05) is 0 Å². The van der Waals surface area contributed by atoms with Gasteiger partial charge in [0, 0.05) is 5.38 Å². The smallest absolute Gasteiger partial charge is 0.407 e. The van der Waals surface area contributed by atoms with Gasteiger partial charge in [-0.05, 0) is 20.8 Å². The molecule has 1 amide bonds. The molecule has 0 saturated carbocycles. The van der Waals surface area contributed by atoms with Crippen LogP contribution in [0.15, 0.2) is 17.9 Å². The number of rotatable bonds is 2. The molecule has 0 aliphatic rings. The number of nitrogens with one attached hydrogen (secondary N) is 1. The molecule has 17 heavy (non-hydrogen) atoms. The molecule has 2 heterocycles. The second-order valence-corrected chi connectivity index (χ2v) is 5.57. The summed E-state index contributed by atoms with van der Waals surface area (Å²) in [5.41, 5.74) is 0.525. The van der Waals surface area contributed by atoms with Crippen LogP contribution in [0.25, 0.3) is 4.83 Å². The van der Waals surface area contributed by atoms with Gasteiger partial charge in [-0.15, -0.1) is 11.3 Å². The third-order valence-electron chi connectivity index (χ3n) is 2.04. The Morgan fingerprint density at radius 1 is 1.59 bits per heavy atom. The lowest BCUT2D eigenvalue weighted by atomic mass is 10.2. The van der Waals surface area contributed by atoms with Crippen LogP contribution in [-0.2, 0) is 11.3 Å². The van der Waals surface area contributed by atoms with Gasteiger partial charge in [0.2, 0.25) is 0 Å². The largest absolute Gasteiger partial charge is 0.444 e. The molecule has 0 radical (unpaired) electrons. The molecule has 0 aliphatic carbocycles. The van der Waals surface area contributed by atoms with E-state index < -0.39 is 11.7 Å². The zero-order valence-electron chi connectivity index (χ0n) is 10.1. The molecule has 92 valence electrons. The van der Waals surface area contributed by atoms with E-state index in [0.29, 0.717) is 6.54 Å². The molecule has 2 rings (SSSR count). The molecular formula is C11H15N3O2S. The van der Waals surface area contributed by atoms with Crippen molar-refractivity contribution in [1.82, 2.24) is 14.7 Å². The second-order valence-electron chi connectivity index (χ2n) is 4.68. The number of alkyl carbamates (subject to hydrolysis) is 1. The van der Waals surface area contributed by atoms with Crippen molar-refractivity contribution in [2.45, 2.75) is 32.9 Å². The number of nitrogens with zero attached hydrogens (tertiary/aromatic N) is 2. The first kappa shape index (κ1) is 11.9. The van der Waals surface area contributed by atoms with Gasteiger partial charge in [-0.1, -0.05) is 0 Å². The maximum Gasteiger partial charge on any atom is 0.407 e. The second kappa shape index (κ2) is 4.37. The number of hydrogen-bond acceptors (Lipinski definition) is 4. The number of imidazole rings is 1. The van der Waals surface area contributed by atoms with Crippen molar-refractivity contribution in [2.24, 2.45) is 0 Å². The molecule has 2 aromatic heterocycles. The number of ether oxygens (including phenoxy) is 1. The summed E-state index contributed by atoms with van der Waals surface area (Å²) >= 11 is 1.59. The van der Waals surface area contributed by atoms with E-state index in [1.165, 1.54) is 0 Å². The summed E-state index contributed by atoms with van der Waals surface area (Å²) in [7, 11) is 0. The molecule has 0 unspecified atom stereocenters. The summed E-state index contributed by atoms with van der Waals surface area (Å²) in [5.74, 6) is 0. The summed E-state index contributed by atoms with van der Waals surface area (Å²) in [6, 6.07) is 0. The van der Waals surface area contributed by atoms with Crippen LogP contribution < -0.4 is 5.32 Å². The lowest BCUT2D eigenvalue weighted by Gasteiger charge is -2.19. The molecule has 0 atom stereocenters. The van der Waals surface area contributed by atoms with E-state index in [-0.39, 0.29) is 0 Å². The predicted octanol–water partition coefficient (Wildman–Crippen LogP) is 2.42. The van der Waals surface area contributed by atoms with Crippen LogP contribution in [0.5, 0.6) is 0 Å². The summed E-state index contributed by atoms with van der Waals surface area (Å²) in [6.07, 6.45) is 3.12. The van der Waals surface area contributed by atoms with E-state index in [1.807, 2.05) is 30.6 Å². The highest BCUT2D eigenvalue weighted by molar-refractivity contribution is 7.15. The molecule has 0 bridgehead atoms. The molecule has 5 nitrogen and oxygen atoms in total. The number of carbonyl (C=O) groups excluding carboxylic acids is 1. The average Bonchev–Trinajstić information content (AvgIpc) is 2.73. The number of amides is 1. The molecule has 0 aliphatic heterocycles. The van der Waals surface area contributed by atoms with Crippen molar-refractivity contribution in [1.29, 1.82) is 0 Å². The van der Waals surface area contributed by atoms with Crippen molar-refractivity contribution >= 4 is 22.3 Å². The van der Waals surface area contributed by atoms with Gasteiger partial charge in [0.15, 0.2) is 0 Å². The first-order valence-corrected chi connectivity index (χ1v) is 6.19. The van der Waals surface area contributed by atoms with E-state index in [2.05, 4.69) is 10.3 Å². The van der Waals surface area contributed by atoms with Gasteiger partial charge in [0.25, 0.3) is 0 Å². The highest BCUT2D eigenvalue weighted by Crippen LogP contribution is 2.15. The zero-order valence-corrected chi connectivity index (χ0v) is 10.9. The number of carbonyl (C=O) groups is 1. The van der Waals surface area contributed by atoms with Crippen LogP contribution >= 0.6 is 11.3 Å². The highest BCUT2D eigenvalue weighted by Gasteiger charge is 2.16. The third kappa shape index (κ3) is 2.97. The normalized spacial score (nSPS) is 11.7. The van der Waals surface area contributed by atoms with Crippen LogP contribution in [0.1, 0.15) is 26.5 Å². The van der Waals surface area contributed by atoms with E-state index >= 15 is 0 Å². The molecule has 0 saturated heterocycles. The molecule has 6 heteroatoms. The van der Waals surface area contributed by atoms with Gasteiger partial charge in [0.05, 0.1) is 18.4 Å². The minimum atomic E-state index is -0.469. The fourth-order valence-corrected chi connectivity index (χ4v) is 2.23. The quantitative estimate of drug-likeness (QED) is 0.894. The number of aromatic nitrogens is 2. The Hall–Kier alpha value is -1.56. The van der Waals surface area contributed by atoms with E-state index in [0.717, 1.165) is 10.5 Å². The summed E-state index contributed by atoms with van der Waals surface area (Å²) in [5, 5.41) is 4.71. The zero-order chi connectivity index (χ0) is 12.5.